The first-order valence-electron chi connectivity index (χ1n) is 5.88. The van der Waals surface area contributed by atoms with Crippen molar-refractivity contribution in [2.45, 2.75) is 12.5 Å². The van der Waals surface area contributed by atoms with Crippen LogP contribution in [0.25, 0.3) is 11.2 Å². The van der Waals surface area contributed by atoms with Crippen molar-refractivity contribution in [1.82, 2.24) is 19.5 Å². The van der Waals surface area contributed by atoms with Gasteiger partial charge in [0.05, 0.1) is 12.7 Å². The van der Waals surface area contributed by atoms with E-state index in [9.17, 15) is 9.90 Å². The second-order valence-electron chi connectivity index (χ2n) is 4.65. The SMILES string of the molecule is O=c1[nH]cnc2c1ncn2[C@H]1C[C@@H](CO)[C@@H]1CO. The third-order valence-corrected chi connectivity index (χ3v) is 3.81. The first-order chi connectivity index (χ1) is 8.76. The fraction of sp³-hybridized carbons (Fsp3) is 0.545. The minimum Gasteiger partial charge on any atom is -0.396 e. The van der Waals surface area contributed by atoms with Crippen LogP contribution in [0.2, 0.25) is 0 Å². The first kappa shape index (κ1) is 11.4. The maximum absolute atomic E-state index is 11.5. The average molecular weight is 250 g/mol. The molecule has 0 radical (unpaired) electrons. The molecule has 1 fully saturated rings. The Morgan fingerprint density at radius 3 is 2.94 bits per heavy atom. The maximum atomic E-state index is 11.5. The maximum Gasteiger partial charge on any atom is 0.278 e. The number of aromatic nitrogens is 4. The molecule has 1 aliphatic rings. The van der Waals surface area contributed by atoms with Crippen LogP contribution in [0.15, 0.2) is 17.4 Å². The summed E-state index contributed by atoms with van der Waals surface area (Å²) in [5.74, 6) is 0.105. The van der Waals surface area contributed by atoms with E-state index in [1.165, 1.54) is 6.33 Å². The molecule has 7 heteroatoms. The highest BCUT2D eigenvalue weighted by molar-refractivity contribution is 5.69. The highest BCUT2D eigenvalue weighted by atomic mass is 16.3. The lowest BCUT2D eigenvalue weighted by molar-refractivity contribution is -0.00529. The number of rotatable bonds is 3. The van der Waals surface area contributed by atoms with Gasteiger partial charge in [-0.25, -0.2) is 9.97 Å². The summed E-state index contributed by atoms with van der Waals surface area (Å²) in [7, 11) is 0. The molecule has 1 aliphatic carbocycles. The van der Waals surface area contributed by atoms with E-state index in [-0.39, 0.29) is 36.7 Å². The number of H-pyrrole nitrogens is 1. The van der Waals surface area contributed by atoms with Crippen LogP contribution in [0.5, 0.6) is 0 Å². The van der Waals surface area contributed by atoms with E-state index in [1.807, 2.05) is 4.57 Å². The third kappa shape index (κ3) is 1.48. The lowest BCUT2D eigenvalue weighted by Crippen LogP contribution is -2.42. The lowest BCUT2D eigenvalue weighted by Gasteiger charge is -2.43. The second-order valence-corrected chi connectivity index (χ2v) is 4.65. The normalized spacial score (nSPS) is 27.3. The van der Waals surface area contributed by atoms with E-state index < -0.39 is 0 Å². The van der Waals surface area contributed by atoms with Crippen molar-refractivity contribution in [2.24, 2.45) is 11.8 Å². The van der Waals surface area contributed by atoms with Crippen molar-refractivity contribution in [3.63, 3.8) is 0 Å². The Bertz CT molecular complexity index is 620. The number of aliphatic hydroxyl groups is 2. The standard InChI is InChI=1S/C11H14N4O3/c16-2-6-1-8(7(6)3-17)15-5-14-9-10(15)12-4-13-11(9)18/h4-8,16-17H,1-3H2,(H,12,13,18)/t6-,7-,8-/m0/s1. The summed E-state index contributed by atoms with van der Waals surface area (Å²) < 4.78 is 1.82. The van der Waals surface area contributed by atoms with E-state index in [0.29, 0.717) is 11.2 Å². The highest BCUT2D eigenvalue weighted by Crippen LogP contribution is 2.44. The number of imidazole rings is 1. The molecule has 7 nitrogen and oxygen atoms in total. The van der Waals surface area contributed by atoms with E-state index in [2.05, 4.69) is 15.0 Å². The molecule has 18 heavy (non-hydrogen) atoms. The minimum atomic E-state index is -0.266. The van der Waals surface area contributed by atoms with Crippen LogP contribution in [-0.2, 0) is 0 Å². The monoisotopic (exact) mass is 250 g/mol. The fourth-order valence-corrected chi connectivity index (χ4v) is 2.68. The molecule has 0 amide bonds. The second kappa shape index (κ2) is 4.18. The Kier molecular flexibility index (Phi) is 2.64. The van der Waals surface area contributed by atoms with E-state index in [0.717, 1.165) is 6.42 Å². The van der Waals surface area contributed by atoms with Crippen molar-refractivity contribution >= 4 is 11.2 Å². The summed E-state index contributed by atoms with van der Waals surface area (Å²) >= 11 is 0. The zero-order chi connectivity index (χ0) is 12.7. The number of fused-ring (bicyclic) bond motifs is 1. The molecule has 2 aromatic rings. The zero-order valence-electron chi connectivity index (χ0n) is 9.65. The van der Waals surface area contributed by atoms with E-state index in [4.69, 9.17) is 5.11 Å². The zero-order valence-corrected chi connectivity index (χ0v) is 9.65. The molecule has 0 aromatic carbocycles. The average Bonchev–Trinajstić information content (AvgIpc) is 2.75. The topological polar surface area (TPSA) is 104 Å². The van der Waals surface area contributed by atoms with Gasteiger partial charge in [0.2, 0.25) is 0 Å². The van der Waals surface area contributed by atoms with Crippen LogP contribution in [0.4, 0.5) is 0 Å². The molecule has 2 heterocycles. The molecule has 3 atom stereocenters. The summed E-state index contributed by atoms with van der Waals surface area (Å²) in [5, 5.41) is 18.5. The van der Waals surface area contributed by atoms with Crippen molar-refractivity contribution in [2.75, 3.05) is 13.2 Å². The van der Waals surface area contributed by atoms with Gasteiger partial charge in [0.25, 0.3) is 5.56 Å². The Labute approximate surface area is 102 Å². The molecule has 0 bridgehead atoms. The van der Waals surface area contributed by atoms with Gasteiger partial charge in [-0.2, -0.15) is 0 Å². The predicted octanol–water partition coefficient (Wildman–Crippen LogP) is -0.719. The van der Waals surface area contributed by atoms with E-state index in [1.54, 1.807) is 6.33 Å². The van der Waals surface area contributed by atoms with Crippen molar-refractivity contribution in [3.8, 4) is 0 Å². The molecule has 96 valence electrons. The molecule has 0 aliphatic heterocycles. The summed E-state index contributed by atoms with van der Waals surface area (Å²) in [5.41, 5.74) is 0.567. The van der Waals surface area contributed by atoms with Gasteiger partial charge >= 0.3 is 0 Å². The van der Waals surface area contributed by atoms with Gasteiger partial charge in [0, 0.05) is 25.2 Å². The van der Waals surface area contributed by atoms with Gasteiger partial charge in [-0.15, -0.1) is 0 Å². The number of nitrogens with zero attached hydrogens (tertiary/aromatic N) is 3. The molecule has 3 N–H and O–H groups in total. The summed E-state index contributed by atoms with van der Waals surface area (Å²) in [6, 6.07) is 0.0476. The molecule has 0 spiro atoms. The first-order valence-corrected chi connectivity index (χ1v) is 5.88. The third-order valence-electron chi connectivity index (χ3n) is 3.81. The van der Waals surface area contributed by atoms with Crippen LogP contribution >= 0.6 is 0 Å². The number of aliphatic hydroxyl groups excluding tert-OH is 2. The Balaban J connectivity index is 2.01. The van der Waals surface area contributed by atoms with E-state index >= 15 is 0 Å². The minimum absolute atomic E-state index is 0.00603. The molecule has 0 saturated heterocycles. The Hall–Kier alpha value is -1.73. The molecule has 0 unspecified atom stereocenters. The Morgan fingerprint density at radius 2 is 2.22 bits per heavy atom. The van der Waals surface area contributed by atoms with Gasteiger partial charge in [0.15, 0.2) is 11.2 Å². The predicted molar refractivity (Wildman–Crippen MR) is 63.0 cm³/mol. The van der Waals surface area contributed by atoms with Crippen molar-refractivity contribution < 1.29 is 10.2 Å². The van der Waals surface area contributed by atoms with Crippen LogP contribution < -0.4 is 5.56 Å². The molecule has 1 saturated carbocycles. The van der Waals surface area contributed by atoms with Gasteiger partial charge in [0.1, 0.15) is 0 Å². The quantitative estimate of drug-likeness (QED) is 0.667. The van der Waals surface area contributed by atoms with Crippen LogP contribution in [0, 0.1) is 11.8 Å². The van der Waals surface area contributed by atoms with Crippen LogP contribution in [0.1, 0.15) is 12.5 Å². The lowest BCUT2D eigenvalue weighted by atomic mass is 9.70. The number of aromatic amines is 1. The van der Waals surface area contributed by atoms with Gasteiger partial charge in [-0.05, 0) is 12.3 Å². The van der Waals surface area contributed by atoms with Crippen LogP contribution in [0.3, 0.4) is 0 Å². The number of hydrogen-bond acceptors (Lipinski definition) is 5. The molecular weight excluding hydrogens is 236 g/mol. The van der Waals surface area contributed by atoms with Crippen molar-refractivity contribution in [3.05, 3.63) is 23.0 Å². The number of hydrogen-bond donors (Lipinski definition) is 3. The van der Waals surface area contributed by atoms with Crippen molar-refractivity contribution in [1.29, 1.82) is 0 Å². The van der Waals surface area contributed by atoms with Gasteiger partial charge in [-0.1, -0.05) is 0 Å². The smallest absolute Gasteiger partial charge is 0.278 e. The molecule has 2 aromatic heterocycles. The summed E-state index contributed by atoms with van der Waals surface area (Å²) in [4.78, 5) is 22.2. The summed E-state index contributed by atoms with van der Waals surface area (Å²) in [6.45, 7) is 0.0845. The number of nitrogens with one attached hydrogen (secondary N) is 1. The largest absolute Gasteiger partial charge is 0.396 e. The molecule has 3 rings (SSSR count). The highest BCUT2D eigenvalue weighted by Gasteiger charge is 2.41. The Morgan fingerprint density at radius 1 is 1.39 bits per heavy atom. The van der Waals surface area contributed by atoms with Gasteiger partial charge in [-0.3, -0.25) is 4.79 Å². The van der Waals surface area contributed by atoms with Crippen LogP contribution in [-0.4, -0.2) is 42.9 Å². The fourth-order valence-electron chi connectivity index (χ4n) is 2.68. The molecular formula is C11H14N4O3. The van der Waals surface area contributed by atoms with Gasteiger partial charge < -0.3 is 19.8 Å². The summed E-state index contributed by atoms with van der Waals surface area (Å²) in [6.07, 6.45) is 3.69.